The largest absolute Gasteiger partial charge is 0.361 e. The molecule has 1 unspecified atom stereocenters. The van der Waals surface area contributed by atoms with Gasteiger partial charge in [0.05, 0.1) is 16.6 Å². The third kappa shape index (κ3) is 2.24. The van der Waals surface area contributed by atoms with Crippen molar-refractivity contribution in [2.45, 2.75) is 38.5 Å². The number of ketones is 1. The Balaban J connectivity index is 1.96. The predicted molar refractivity (Wildman–Crippen MR) is 88.3 cm³/mol. The summed E-state index contributed by atoms with van der Waals surface area (Å²) >= 11 is 0. The summed E-state index contributed by atoms with van der Waals surface area (Å²) in [4.78, 5) is 12.9. The van der Waals surface area contributed by atoms with Crippen LogP contribution < -0.4 is 5.32 Å². The highest BCUT2D eigenvalue weighted by Crippen LogP contribution is 2.47. The molecule has 0 amide bonds. The number of halogens is 1. The molecule has 4 nitrogen and oxygen atoms in total. The molecule has 2 aliphatic heterocycles. The number of benzene rings is 1. The first-order chi connectivity index (χ1) is 11.4. The van der Waals surface area contributed by atoms with Gasteiger partial charge in [0.2, 0.25) is 0 Å². The number of carbonyl (C=O) groups excluding carboxylic acids is 1. The molecule has 6 heteroatoms. The van der Waals surface area contributed by atoms with E-state index >= 15 is 0 Å². The molecule has 1 aromatic carbocycles. The minimum atomic E-state index is -3.40. The number of carbonyl (C=O) groups is 1. The van der Waals surface area contributed by atoms with E-state index in [4.69, 9.17) is 0 Å². The second-order valence-corrected chi connectivity index (χ2v) is 8.72. The molecule has 3 aliphatic rings. The lowest BCUT2D eigenvalue weighted by atomic mass is 9.79. The lowest BCUT2D eigenvalue weighted by Gasteiger charge is -2.33. The molecule has 0 fully saturated rings. The summed E-state index contributed by atoms with van der Waals surface area (Å²) < 4.78 is 38.9. The van der Waals surface area contributed by atoms with E-state index in [-0.39, 0.29) is 17.4 Å². The van der Waals surface area contributed by atoms with Crippen LogP contribution in [0.5, 0.6) is 0 Å². The summed E-state index contributed by atoms with van der Waals surface area (Å²) in [7, 11) is -3.40. The number of sulfone groups is 1. The monoisotopic (exact) mass is 347 g/mol. The van der Waals surface area contributed by atoms with Gasteiger partial charge in [-0.2, -0.15) is 0 Å². The molecule has 1 aromatic rings. The molecule has 4 rings (SSSR count). The molecule has 0 aromatic heterocycles. The van der Waals surface area contributed by atoms with E-state index in [9.17, 15) is 17.6 Å². The van der Waals surface area contributed by atoms with Crippen LogP contribution >= 0.6 is 0 Å². The average Bonchev–Trinajstić information content (AvgIpc) is 2.84. The van der Waals surface area contributed by atoms with Gasteiger partial charge in [-0.1, -0.05) is 12.1 Å². The lowest BCUT2D eigenvalue weighted by Crippen LogP contribution is -2.32. The van der Waals surface area contributed by atoms with Gasteiger partial charge < -0.3 is 5.32 Å². The van der Waals surface area contributed by atoms with Crippen LogP contribution in [0.3, 0.4) is 0 Å². The molecular weight excluding hydrogens is 329 g/mol. The molecule has 0 radical (unpaired) electrons. The SMILES string of the molecule is Cc1cc(C2C3=C(CCCC3=O)NC3=C2S(=O)(=O)CC3)ccc1F. The highest BCUT2D eigenvalue weighted by atomic mass is 32.2. The fourth-order valence-electron chi connectivity index (χ4n) is 3.94. The second kappa shape index (κ2) is 5.28. The van der Waals surface area contributed by atoms with Crippen molar-refractivity contribution >= 4 is 15.6 Å². The molecule has 0 saturated heterocycles. The highest BCUT2D eigenvalue weighted by molar-refractivity contribution is 7.95. The van der Waals surface area contributed by atoms with Gasteiger partial charge in [-0.3, -0.25) is 4.79 Å². The maximum atomic E-state index is 13.7. The van der Waals surface area contributed by atoms with Crippen molar-refractivity contribution in [2.24, 2.45) is 0 Å². The zero-order chi connectivity index (χ0) is 17.1. The molecule has 126 valence electrons. The van der Waals surface area contributed by atoms with Crippen molar-refractivity contribution in [1.82, 2.24) is 5.32 Å². The number of Topliss-reactive ketones (excluding diaryl/α,β-unsaturated/α-hetero) is 1. The van der Waals surface area contributed by atoms with Crippen LogP contribution in [0.25, 0.3) is 0 Å². The summed E-state index contributed by atoms with van der Waals surface area (Å²) in [6.45, 7) is 1.65. The third-order valence-corrected chi connectivity index (χ3v) is 6.97. The van der Waals surface area contributed by atoms with E-state index in [0.717, 1.165) is 18.5 Å². The molecule has 1 aliphatic carbocycles. The maximum absolute atomic E-state index is 13.7. The van der Waals surface area contributed by atoms with E-state index in [2.05, 4.69) is 5.32 Å². The van der Waals surface area contributed by atoms with Gasteiger partial charge in [0.1, 0.15) is 5.82 Å². The molecule has 0 saturated carbocycles. The van der Waals surface area contributed by atoms with Crippen molar-refractivity contribution in [3.63, 3.8) is 0 Å². The maximum Gasteiger partial charge on any atom is 0.177 e. The van der Waals surface area contributed by atoms with Crippen LogP contribution in [0, 0.1) is 12.7 Å². The molecular formula is C18H18FNO3S. The smallest absolute Gasteiger partial charge is 0.177 e. The summed E-state index contributed by atoms with van der Waals surface area (Å²) in [5.74, 6) is -0.878. The van der Waals surface area contributed by atoms with Gasteiger partial charge in [0.15, 0.2) is 15.6 Å². The molecule has 2 heterocycles. The van der Waals surface area contributed by atoms with Crippen LogP contribution in [0.4, 0.5) is 4.39 Å². The van der Waals surface area contributed by atoms with Crippen molar-refractivity contribution in [1.29, 1.82) is 0 Å². The Morgan fingerprint density at radius 3 is 2.71 bits per heavy atom. The first kappa shape index (κ1) is 15.6. The fourth-order valence-corrected chi connectivity index (χ4v) is 5.78. The van der Waals surface area contributed by atoms with Crippen molar-refractivity contribution in [3.8, 4) is 0 Å². The number of dihydropyridines is 1. The summed E-state index contributed by atoms with van der Waals surface area (Å²) in [5.41, 5.74) is 3.23. The van der Waals surface area contributed by atoms with Crippen LogP contribution in [0.15, 0.2) is 40.1 Å². The quantitative estimate of drug-likeness (QED) is 0.848. The van der Waals surface area contributed by atoms with Gasteiger partial charge in [-0.05, 0) is 37.0 Å². The van der Waals surface area contributed by atoms with E-state index < -0.39 is 15.8 Å². The highest BCUT2D eigenvalue weighted by Gasteiger charge is 2.44. The standard InChI is InChI=1S/C18H18FNO3S/c1-10-9-11(5-6-12(10)19)16-17-13(3-2-4-15(17)21)20-14-7-8-24(22,23)18(14)16/h5-6,9,16,20H,2-4,7-8H2,1H3. The number of nitrogens with one attached hydrogen (secondary N) is 1. The minimum absolute atomic E-state index is 0.00984. The third-order valence-electron chi connectivity index (χ3n) is 5.08. The Labute approximate surface area is 140 Å². The van der Waals surface area contributed by atoms with Gasteiger partial charge in [-0.25, -0.2) is 12.8 Å². The topological polar surface area (TPSA) is 63.2 Å². The van der Waals surface area contributed by atoms with Gasteiger partial charge in [-0.15, -0.1) is 0 Å². The Hall–Kier alpha value is -1.95. The normalized spacial score (nSPS) is 25.4. The van der Waals surface area contributed by atoms with Crippen LogP contribution in [0.2, 0.25) is 0 Å². The van der Waals surface area contributed by atoms with E-state index in [0.29, 0.717) is 40.1 Å². The van der Waals surface area contributed by atoms with Gasteiger partial charge >= 0.3 is 0 Å². The summed E-state index contributed by atoms with van der Waals surface area (Å²) in [6, 6.07) is 4.61. The molecule has 24 heavy (non-hydrogen) atoms. The molecule has 1 atom stereocenters. The van der Waals surface area contributed by atoms with Crippen LogP contribution in [-0.2, 0) is 14.6 Å². The predicted octanol–water partition coefficient (Wildman–Crippen LogP) is 2.86. The van der Waals surface area contributed by atoms with Crippen molar-refractivity contribution in [3.05, 3.63) is 57.0 Å². The average molecular weight is 347 g/mol. The zero-order valence-electron chi connectivity index (χ0n) is 13.4. The first-order valence-corrected chi connectivity index (χ1v) is 9.79. The first-order valence-electron chi connectivity index (χ1n) is 8.13. The zero-order valence-corrected chi connectivity index (χ0v) is 14.2. The lowest BCUT2D eigenvalue weighted by molar-refractivity contribution is -0.116. The Morgan fingerprint density at radius 2 is 1.96 bits per heavy atom. The second-order valence-electron chi connectivity index (χ2n) is 6.65. The van der Waals surface area contributed by atoms with E-state index in [1.165, 1.54) is 6.07 Å². The number of rotatable bonds is 1. The number of hydrogen-bond donors (Lipinski definition) is 1. The molecule has 1 N–H and O–H groups in total. The van der Waals surface area contributed by atoms with Crippen LogP contribution in [-0.4, -0.2) is 20.0 Å². The minimum Gasteiger partial charge on any atom is -0.361 e. The van der Waals surface area contributed by atoms with Crippen molar-refractivity contribution in [2.75, 3.05) is 5.75 Å². The Kier molecular flexibility index (Phi) is 3.42. The van der Waals surface area contributed by atoms with Gasteiger partial charge in [0, 0.05) is 29.8 Å². The molecule has 0 spiro atoms. The number of allylic oxidation sites excluding steroid dienone is 4. The van der Waals surface area contributed by atoms with E-state index in [1.54, 1.807) is 19.1 Å². The fraction of sp³-hybridized carbons (Fsp3) is 0.389. The van der Waals surface area contributed by atoms with Crippen molar-refractivity contribution < 1.29 is 17.6 Å². The van der Waals surface area contributed by atoms with E-state index in [1.807, 2.05) is 0 Å². The number of aryl methyl sites for hydroxylation is 1. The number of hydrogen-bond acceptors (Lipinski definition) is 4. The summed E-state index contributed by atoms with van der Waals surface area (Å²) in [5, 5.41) is 3.21. The van der Waals surface area contributed by atoms with Crippen LogP contribution in [0.1, 0.15) is 42.7 Å². The van der Waals surface area contributed by atoms with Gasteiger partial charge in [0.25, 0.3) is 0 Å². The Bertz CT molecular complexity index is 928. The molecule has 0 bridgehead atoms. The summed E-state index contributed by atoms with van der Waals surface area (Å²) in [6.07, 6.45) is 2.39. The Morgan fingerprint density at radius 1 is 1.17 bits per heavy atom.